The van der Waals surface area contributed by atoms with Crippen LogP contribution in [0.3, 0.4) is 0 Å². The van der Waals surface area contributed by atoms with Gasteiger partial charge in [0.15, 0.2) is 11.5 Å². The van der Waals surface area contributed by atoms with Crippen LogP contribution < -0.4 is 9.47 Å². The van der Waals surface area contributed by atoms with E-state index in [9.17, 15) is 0 Å². The Labute approximate surface area is 90.0 Å². The van der Waals surface area contributed by atoms with E-state index >= 15 is 0 Å². The average Bonchev–Trinajstić information content (AvgIpc) is 2.97. The largest absolute Gasteiger partial charge is 0.490 e. The fourth-order valence-corrected chi connectivity index (χ4v) is 1.28. The molecule has 15 heavy (non-hydrogen) atoms. The van der Waals surface area contributed by atoms with Crippen molar-refractivity contribution in [1.82, 2.24) is 0 Å². The van der Waals surface area contributed by atoms with Crippen molar-refractivity contribution >= 4 is 0 Å². The first-order valence-corrected chi connectivity index (χ1v) is 5.22. The first kappa shape index (κ1) is 10.3. The molecule has 0 amide bonds. The van der Waals surface area contributed by atoms with Gasteiger partial charge in [-0.3, -0.25) is 0 Å². The molecule has 0 N–H and O–H groups in total. The molecule has 0 aromatic heterocycles. The van der Waals surface area contributed by atoms with Gasteiger partial charge in [-0.15, -0.1) is 0 Å². The van der Waals surface area contributed by atoms with Gasteiger partial charge < -0.3 is 14.2 Å². The van der Waals surface area contributed by atoms with Crippen molar-refractivity contribution in [3.05, 3.63) is 24.3 Å². The number of hydrogen-bond acceptors (Lipinski definition) is 3. The van der Waals surface area contributed by atoms with Crippen LogP contribution in [0.5, 0.6) is 11.5 Å². The molecule has 1 fully saturated rings. The van der Waals surface area contributed by atoms with Crippen molar-refractivity contribution < 1.29 is 14.2 Å². The van der Waals surface area contributed by atoms with Gasteiger partial charge in [-0.2, -0.15) is 0 Å². The summed E-state index contributed by atoms with van der Waals surface area (Å²) in [7, 11) is 0. The minimum Gasteiger partial charge on any atom is -0.490 e. The van der Waals surface area contributed by atoms with E-state index in [1.54, 1.807) is 0 Å². The van der Waals surface area contributed by atoms with Gasteiger partial charge in [0, 0.05) is 0 Å². The van der Waals surface area contributed by atoms with E-state index in [0.717, 1.165) is 18.1 Å². The molecule has 0 aliphatic carbocycles. The Morgan fingerprint density at radius 2 is 1.87 bits per heavy atom. The van der Waals surface area contributed by atoms with Crippen molar-refractivity contribution in [1.29, 1.82) is 0 Å². The third kappa shape index (κ3) is 2.63. The van der Waals surface area contributed by atoms with Gasteiger partial charge in [-0.05, 0) is 26.0 Å². The second-order valence-electron chi connectivity index (χ2n) is 3.91. The fraction of sp³-hybridized carbons (Fsp3) is 0.500. The molecule has 1 heterocycles. The lowest BCUT2D eigenvalue weighted by Gasteiger charge is -2.12. The Kier molecular flexibility index (Phi) is 2.82. The number of rotatable bonds is 5. The summed E-state index contributed by atoms with van der Waals surface area (Å²) in [6, 6.07) is 7.70. The molecule has 0 saturated carbocycles. The highest BCUT2D eigenvalue weighted by Gasteiger charge is 2.40. The highest BCUT2D eigenvalue weighted by molar-refractivity contribution is 5.39. The van der Waals surface area contributed by atoms with Gasteiger partial charge in [0.25, 0.3) is 0 Å². The fourth-order valence-electron chi connectivity index (χ4n) is 1.28. The predicted molar refractivity (Wildman–Crippen MR) is 57.5 cm³/mol. The molecule has 1 aromatic rings. The molecule has 82 valence electrons. The quantitative estimate of drug-likeness (QED) is 0.695. The number of benzene rings is 1. The molecule has 3 heteroatoms. The predicted octanol–water partition coefficient (Wildman–Crippen LogP) is 2.25. The Bertz CT molecular complexity index is 331. The van der Waals surface area contributed by atoms with Gasteiger partial charge >= 0.3 is 0 Å². The minimum absolute atomic E-state index is 0.0840. The number of epoxide rings is 1. The smallest absolute Gasteiger partial charge is 0.161 e. The molecule has 0 spiro atoms. The first-order chi connectivity index (χ1) is 7.23. The van der Waals surface area contributed by atoms with Gasteiger partial charge in [-0.1, -0.05) is 12.1 Å². The minimum atomic E-state index is -0.0840. The van der Waals surface area contributed by atoms with Crippen molar-refractivity contribution in [2.45, 2.75) is 19.4 Å². The molecule has 3 nitrogen and oxygen atoms in total. The Balaban J connectivity index is 1.99. The molecule has 0 radical (unpaired) electrons. The van der Waals surface area contributed by atoms with Crippen molar-refractivity contribution in [2.75, 3.05) is 19.8 Å². The summed E-state index contributed by atoms with van der Waals surface area (Å²) < 4.78 is 16.4. The average molecular weight is 208 g/mol. The van der Waals surface area contributed by atoms with Crippen molar-refractivity contribution in [3.8, 4) is 11.5 Å². The molecule has 1 aromatic carbocycles. The SMILES string of the molecule is CCOc1ccccc1OCC1(C)CO1. The molecular formula is C12H16O3. The summed E-state index contributed by atoms with van der Waals surface area (Å²) in [6.07, 6.45) is 0. The Hall–Kier alpha value is -1.22. The zero-order valence-corrected chi connectivity index (χ0v) is 9.16. The summed E-state index contributed by atoms with van der Waals surface area (Å²) >= 11 is 0. The van der Waals surface area contributed by atoms with E-state index < -0.39 is 0 Å². The van der Waals surface area contributed by atoms with Crippen LogP contribution >= 0.6 is 0 Å². The van der Waals surface area contributed by atoms with Gasteiger partial charge in [-0.25, -0.2) is 0 Å². The van der Waals surface area contributed by atoms with Gasteiger partial charge in [0.2, 0.25) is 0 Å². The molecule has 0 bridgehead atoms. The van der Waals surface area contributed by atoms with Crippen LogP contribution in [0.1, 0.15) is 13.8 Å². The maximum Gasteiger partial charge on any atom is 0.161 e. The van der Waals surface area contributed by atoms with Crippen LogP contribution in [0.25, 0.3) is 0 Å². The maximum atomic E-state index is 5.67. The summed E-state index contributed by atoms with van der Waals surface area (Å²) in [5, 5.41) is 0. The number of hydrogen-bond donors (Lipinski definition) is 0. The van der Waals surface area contributed by atoms with Crippen molar-refractivity contribution in [2.24, 2.45) is 0 Å². The second-order valence-corrected chi connectivity index (χ2v) is 3.91. The number of para-hydroxylation sites is 2. The number of ether oxygens (including phenoxy) is 3. The standard InChI is InChI=1S/C12H16O3/c1-3-13-10-6-4-5-7-11(10)14-8-12(2)9-15-12/h4-7H,3,8-9H2,1-2H3. The van der Waals surface area contributed by atoms with E-state index in [2.05, 4.69) is 0 Å². The highest BCUT2D eigenvalue weighted by Crippen LogP contribution is 2.31. The molecule has 1 atom stereocenters. The van der Waals surface area contributed by atoms with Crippen LogP contribution in [0.2, 0.25) is 0 Å². The first-order valence-electron chi connectivity index (χ1n) is 5.22. The van der Waals surface area contributed by atoms with E-state index in [-0.39, 0.29) is 5.60 Å². The molecule has 2 rings (SSSR count). The van der Waals surface area contributed by atoms with Crippen LogP contribution in [0, 0.1) is 0 Å². The van der Waals surface area contributed by atoms with Crippen LogP contribution in [0.15, 0.2) is 24.3 Å². The van der Waals surface area contributed by atoms with Crippen LogP contribution in [0.4, 0.5) is 0 Å². The topological polar surface area (TPSA) is 31.0 Å². The second kappa shape index (κ2) is 4.11. The molecule has 1 saturated heterocycles. The summed E-state index contributed by atoms with van der Waals surface area (Å²) in [6.45, 7) is 6.01. The lowest BCUT2D eigenvalue weighted by molar-refractivity contribution is 0.194. The van der Waals surface area contributed by atoms with E-state index in [1.165, 1.54) is 0 Å². The third-order valence-electron chi connectivity index (χ3n) is 2.32. The van der Waals surface area contributed by atoms with Crippen LogP contribution in [-0.2, 0) is 4.74 Å². The normalized spacial score (nSPS) is 23.6. The highest BCUT2D eigenvalue weighted by atomic mass is 16.6. The monoisotopic (exact) mass is 208 g/mol. The summed E-state index contributed by atoms with van der Waals surface area (Å²) in [5.74, 6) is 1.58. The lowest BCUT2D eigenvalue weighted by Crippen LogP contribution is -2.17. The third-order valence-corrected chi connectivity index (χ3v) is 2.32. The van der Waals surface area contributed by atoms with Crippen molar-refractivity contribution in [3.63, 3.8) is 0 Å². The Morgan fingerprint density at radius 3 is 2.40 bits per heavy atom. The van der Waals surface area contributed by atoms with Gasteiger partial charge in [0.05, 0.1) is 13.2 Å². The van der Waals surface area contributed by atoms with E-state index in [4.69, 9.17) is 14.2 Å². The summed E-state index contributed by atoms with van der Waals surface area (Å²) in [5.41, 5.74) is -0.0840. The zero-order chi connectivity index (χ0) is 10.7. The molecule has 1 unspecified atom stereocenters. The van der Waals surface area contributed by atoms with E-state index in [1.807, 2.05) is 38.1 Å². The maximum absolute atomic E-state index is 5.67. The lowest BCUT2D eigenvalue weighted by atomic mass is 10.2. The van der Waals surface area contributed by atoms with Crippen LogP contribution in [-0.4, -0.2) is 25.4 Å². The molecule has 1 aliphatic heterocycles. The molecular weight excluding hydrogens is 192 g/mol. The van der Waals surface area contributed by atoms with Gasteiger partial charge in [0.1, 0.15) is 12.2 Å². The van der Waals surface area contributed by atoms with E-state index in [0.29, 0.717) is 13.2 Å². The molecule has 1 aliphatic rings. The zero-order valence-electron chi connectivity index (χ0n) is 9.16. The Morgan fingerprint density at radius 1 is 1.27 bits per heavy atom. The summed E-state index contributed by atoms with van der Waals surface area (Å²) in [4.78, 5) is 0.